The van der Waals surface area contributed by atoms with Crippen LogP contribution < -0.4 is 16.6 Å². The number of anilines is 3. The standard InChI is InChI=1S/C8H10N4O2/c9-6-3-5-1-2-11(13)12(14)8(5)4-7(6)10/h1-4,13-14H,9-10H2. The molecule has 1 heterocycles. The number of rotatable bonds is 0. The highest BCUT2D eigenvalue weighted by Crippen LogP contribution is 2.31. The van der Waals surface area contributed by atoms with Gasteiger partial charge in [-0.05, 0) is 18.2 Å². The van der Waals surface area contributed by atoms with E-state index in [2.05, 4.69) is 0 Å². The molecule has 1 aliphatic heterocycles. The summed E-state index contributed by atoms with van der Waals surface area (Å²) in [5.74, 6) is 0. The number of hydrogen-bond donors (Lipinski definition) is 4. The van der Waals surface area contributed by atoms with E-state index in [-0.39, 0.29) is 0 Å². The summed E-state index contributed by atoms with van der Waals surface area (Å²) in [6.07, 6.45) is 2.90. The van der Waals surface area contributed by atoms with Gasteiger partial charge in [0.05, 0.1) is 23.3 Å². The molecule has 0 fully saturated rings. The summed E-state index contributed by atoms with van der Waals surface area (Å²) in [7, 11) is 0. The van der Waals surface area contributed by atoms with Gasteiger partial charge >= 0.3 is 0 Å². The third-order valence-corrected chi connectivity index (χ3v) is 2.03. The predicted molar refractivity (Wildman–Crippen MR) is 52.2 cm³/mol. The van der Waals surface area contributed by atoms with Gasteiger partial charge in [0.25, 0.3) is 0 Å². The average Bonchev–Trinajstić information content (AvgIpc) is 2.15. The maximum Gasteiger partial charge on any atom is 0.0997 e. The SMILES string of the molecule is Nc1cc2c(cc1N)N(O)N(O)C=C2. The van der Waals surface area contributed by atoms with Gasteiger partial charge in [-0.1, -0.05) is 0 Å². The summed E-state index contributed by atoms with van der Waals surface area (Å²) in [5.41, 5.74) is 13.0. The zero-order valence-electron chi connectivity index (χ0n) is 7.25. The molecule has 0 atom stereocenters. The molecule has 0 amide bonds. The lowest BCUT2D eigenvalue weighted by Crippen LogP contribution is -2.35. The van der Waals surface area contributed by atoms with Crippen molar-refractivity contribution in [2.45, 2.75) is 0 Å². The largest absolute Gasteiger partial charge is 0.397 e. The van der Waals surface area contributed by atoms with E-state index in [4.69, 9.17) is 16.7 Å². The lowest BCUT2D eigenvalue weighted by atomic mass is 10.1. The molecule has 6 heteroatoms. The van der Waals surface area contributed by atoms with Gasteiger partial charge in [-0.3, -0.25) is 10.4 Å². The van der Waals surface area contributed by atoms with Crippen LogP contribution in [-0.2, 0) is 0 Å². The van der Waals surface area contributed by atoms with E-state index in [9.17, 15) is 5.21 Å². The zero-order valence-corrected chi connectivity index (χ0v) is 7.25. The van der Waals surface area contributed by atoms with Gasteiger partial charge in [-0.15, -0.1) is 10.3 Å². The molecule has 2 rings (SSSR count). The minimum Gasteiger partial charge on any atom is -0.397 e. The molecule has 0 spiro atoms. The fourth-order valence-electron chi connectivity index (χ4n) is 1.27. The van der Waals surface area contributed by atoms with Crippen LogP contribution in [-0.4, -0.2) is 15.6 Å². The highest BCUT2D eigenvalue weighted by molar-refractivity contribution is 5.79. The van der Waals surface area contributed by atoms with Crippen molar-refractivity contribution in [3.05, 3.63) is 23.9 Å². The Bertz CT molecular complexity index is 405. The molecule has 0 unspecified atom stereocenters. The molecule has 14 heavy (non-hydrogen) atoms. The first kappa shape index (κ1) is 8.67. The number of nitrogens with two attached hydrogens (primary N) is 2. The van der Waals surface area contributed by atoms with Gasteiger partial charge in [-0.25, -0.2) is 0 Å². The van der Waals surface area contributed by atoms with E-state index in [1.807, 2.05) is 0 Å². The highest BCUT2D eigenvalue weighted by Gasteiger charge is 2.17. The van der Waals surface area contributed by atoms with Crippen LogP contribution in [0.1, 0.15) is 5.56 Å². The molecule has 1 aliphatic rings. The van der Waals surface area contributed by atoms with Crippen molar-refractivity contribution < 1.29 is 10.4 Å². The Morgan fingerprint density at radius 2 is 1.71 bits per heavy atom. The smallest absolute Gasteiger partial charge is 0.0997 e. The number of hydroxylamine groups is 1. The molecule has 0 radical (unpaired) electrons. The molecule has 0 aliphatic carbocycles. The van der Waals surface area contributed by atoms with Crippen LogP contribution in [0.25, 0.3) is 6.08 Å². The molecule has 0 saturated carbocycles. The second kappa shape index (κ2) is 2.79. The summed E-state index contributed by atoms with van der Waals surface area (Å²) in [4.78, 5) is 0. The van der Waals surface area contributed by atoms with Crippen LogP contribution in [0.3, 0.4) is 0 Å². The van der Waals surface area contributed by atoms with Crippen molar-refractivity contribution in [1.82, 2.24) is 5.17 Å². The molecule has 1 aromatic carbocycles. The fraction of sp³-hybridized carbons (Fsp3) is 0. The van der Waals surface area contributed by atoms with Gasteiger partial charge in [0.1, 0.15) is 0 Å². The molecular formula is C8H10N4O2. The van der Waals surface area contributed by atoms with Crippen molar-refractivity contribution in [2.24, 2.45) is 0 Å². The van der Waals surface area contributed by atoms with E-state index in [0.29, 0.717) is 33.0 Å². The van der Waals surface area contributed by atoms with Crippen molar-refractivity contribution in [3.63, 3.8) is 0 Å². The quantitative estimate of drug-likeness (QED) is 0.452. The molecule has 6 nitrogen and oxygen atoms in total. The maximum atomic E-state index is 9.41. The molecule has 0 aromatic heterocycles. The van der Waals surface area contributed by atoms with E-state index in [1.54, 1.807) is 12.1 Å². The monoisotopic (exact) mass is 194 g/mol. The van der Waals surface area contributed by atoms with E-state index in [1.165, 1.54) is 12.3 Å². The number of nitrogens with zero attached hydrogens (tertiary/aromatic N) is 2. The van der Waals surface area contributed by atoms with Gasteiger partial charge in [0.15, 0.2) is 0 Å². The van der Waals surface area contributed by atoms with Crippen LogP contribution in [0.4, 0.5) is 17.1 Å². The highest BCUT2D eigenvalue weighted by atomic mass is 16.7. The molecule has 0 saturated heterocycles. The minimum absolute atomic E-state index is 0.353. The lowest BCUT2D eigenvalue weighted by Gasteiger charge is -2.28. The van der Waals surface area contributed by atoms with E-state index in [0.717, 1.165) is 0 Å². The number of hydrazine groups is 1. The fourth-order valence-corrected chi connectivity index (χ4v) is 1.27. The Kier molecular flexibility index (Phi) is 1.73. The number of fused-ring (bicyclic) bond motifs is 1. The second-order valence-corrected chi connectivity index (χ2v) is 2.97. The molecule has 74 valence electrons. The van der Waals surface area contributed by atoms with Crippen molar-refractivity contribution in [3.8, 4) is 0 Å². The first-order valence-electron chi connectivity index (χ1n) is 3.94. The van der Waals surface area contributed by atoms with Crippen molar-refractivity contribution in [2.75, 3.05) is 16.6 Å². The zero-order chi connectivity index (χ0) is 10.3. The van der Waals surface area contributed by atoms with E-state index < -0.39 is 0 Å². The first-order chi connectivity index (χ1) is 6.59. The van der Waals surface area contributed by atoms with Crippen molar-refractivity contribution in [1.29, 1.82) is 0 Å². The summed E-state index contributed by atoms with van der Waals surface area (Å²) in [6.45, 7) is 0. The predicted octanol–water partition coefficient (Wildman–Crippen LogP) is 0.637. The Morgan fingerprint density at radius 3 is 2.43 bits per heavy atom. The van der Waals surface area contributed by atoms with Gasteiger partial charge in [0.2, 0.25) is 0 Å². The van der Waals surface area contributed by atoms with Gasteiger partial charge < -0.3 is 11.5 Å². The Hall–Kier alpha value is -1.92. The van der Waals surface area contributed by atoms with Crippen LogP contribution in [0.15, 0.2) is 18.3 Å². The normalized spacial score (nSPS) is 14.4. The van der Waals surface area contributed by atoms with E-state index >= 15 is 0 Å². The van der Waals surface area contributed by atoms with Gasteiger partial charge in [-0.2, -0.15) is 0 Å². The van der Waals surface area contributed by atoms with Crippen LogP contribution in [0.2, 0.25) is 0 Å². The molecule has 1 aromatic rings. The average molecular weight is 194 g/mol. The summed E-state index contributed by atoms with van der Waals surface area (Å²) < 4.78 is 0. The molecule has 6 N–H and O–H groups in total. The first-order valence-corrected chi connectivity index (χ1v) is 3.94. The second-order valence-electron chi connectivity index (χ2n) is 2.97. The number of nitrogen functional groups attached to an aromatic ring is 2. The van der Waals surface area contributed by atoms with Gasteiger partial charge in [0, 0.05) is 5.56 Å². The number of benzene rings is 1. The minimum atomic E-state index is 0.353. The Labute approximate surface area is 80.1 Å². The third-order valence-electron chi connectivity index (χ3n) is 2.03. The molecular weight excluding hydrogens is 184 g/mol. The Morgan fingerprint density at radius 1 is 1.07 bits per heavy atom. The van der Waals surface area contributed by atoms with Crippen LogP contribution in [0.5, 0.6) is 0 Å². The third kappa shape index (κ3) is 1.13. The van der Waals surface area contributed by atoms with Crippen molar-refractivity contribution >= 4 is 23.1 Å². The summed E-state index contributed by atoms with van der Waals surface area (Å²) in [6, 6.07) is 3.11. The lowest BCUT2D eigenvalue weighted by molar-refractivity contribution is -0.122. The topological polar surface area (TPSA) is 99.0 Å². The number of hydrogen-bond acceptors (Lipinski definition) is 6. The maximum absolute atomic E-state index is 9.41. The van der Waals surface area contributed by atoms with Crippen LogP contribution >= 0.6 is 0 Å². The Balaban J connectivity index is 2.58. The van der Waals surface area contributed by atoms with Crippen LogP contribution in [0, 0.1) is 0 Å². The molecule has 0 bridgehead atoms. The summed E-state index contributed by atoms with van der Waals surface area (Å²) in [5, 5.41) is 19.7. The summed E-state index contributed by atoms with van der Waals surface area (Å²) >= 11 is 0.